The summed E-state index contributed by atoms with van der Waals surface area (Å²) in [4.78, 5) is 12.5. The standard InChI is InChI=1S/C37H67NO6S/c1-3-5-7-9-11-13-15-16-17-18-19-20-22-24-26-28-30-32-36(40)37(41)38-34(33-45(42,43)44)35(39)31-29-27-25-23-21-14-12-10-8-6-4-2/h8,10,19-21,23,29,31,34-36,39-40H,3-7,9,11-18,22,24-28,30,32-33H2,1-2H3,(H,38,41)(H,42,43,44)/b10-8+,20-19-,23-21+,31-29+. The second-order valence-electron chi connectivity index (χ2n) is 12.3. The monoisotopic (exact) mass is 653 g/mol. The molecule has 0 heterocycles. The third kappa shape index (κ3) is 30.7. The number of rotatable bonds is 31. The predicted molar refractivity (Wildman–Crippen MR) is 190 cm³/mol. The van der Waals surface area contributed by atoms with Crippen molar-refractivity contribution in [2.75, 3.05) is 5.75 Å². The fraction of sp³-hybridized carbons (Fsp3) is 0.757. The Labute approximate surface area is 276 Å². The Morgan fingerprint density at radius 1 is 0.600 bits per heavy atom. The summed E-state index contributed by atoms with van der Waals surface area (Å²) in [5, 5.41) is 23.2. The SMILES string of the molecule is CCC/C=C/CC/C=C/CC/C=C/C(O)C(CS(=O)(=O)O)NC(=O)C(O)CCCCCC/C=C\CCCCCCCCCCC. The van der Waals surface area contributed by atoms with Gasteiger partial charge in [-0.3, -0.25) is 9.35 Å². The number of unbranched alkanes of at least 4 members (excludes halogenated alkanes) is 16. The van der Waals surface area contributed by atoms with Crippen LogP contribution in [0.2, 0.25) is 0 Å². The molecule has 1 amide bonds. The van der Waals surface area contributed by atoms with Crippen LogP contribution < -0.4 is 5.32 Å². The van der Waals surface area contributed by atoms with Crippen molar-refractivity contribution in [1.82, 2.24) is 5.32 Å². The Hall–Kier alpha value is -1.74. The first kappa shape index (κ1) is 43.3. The molecule has 262 valence electrons. The van der Waals surface area contributed by atoms with Crippen molar-refractivity contribution in [3.05, 3.63) is 48.6 Å². The molecule has 0 saturated carbocycles. The highest BCUT2D eigenvalue weighted by Crippen LogP contribution is 2.12. The van der Waals surface area contributed by atoms with E-state index in [1.165, 1.54) is 63.9 Å². The molecular formula is C37H67NO6S. The lowest BCUT2D eigenvalue weighted by atomic mass is 10.1. The molecule has 0 rings (SSSR count). The maximum absolute atomic E-state index is 12.5. The summed E-state index contributed by atoms with van der Waals surface area (Å²) in [5.74, 6) is -1.58. The van der Waals surface area contributed by atoms with Gasteiger partial charge >= 0.3 is 0 Å². The van der Waals surface area contributed by atoms with Gasteiger partial charge in [-0.2, -0.15) is 8.42 Å². The van der Waals surface area contributed by atoms with E-state index in [-0.39, 0.29) is 6.42 Å². The van der Waals surface area contributed by atoms with Crippen LogP contribution in [0.25, 0.3) is 0 Å². The van der Waals surface area contributed by atoms with E-state index in [1.807, 2.05) is 0 Å². The van der Waals surface area contributed by atoms with Crippen molar-refractivity contribution in [3.63, 3.8) is 0 Å². The third-order valence-corrected chi connectivity index (χ3v) is 8.57. The van der Waals surface area contributed by atoms with E-state index in [4.69, 9.17) is 0 Å². The molecule has 0 aliphatic carbocycles. The number of amides is 1. The zero-order valence-corrected chi connectivity index (χ0v) is 29.4. The Balaban J connectivity index is 4.17. The van der Waals surface area contributed by atoms with Crippen molar-refractivity contribution in [1.29, 1.82) is 0 Å². The molecule has 7 nitrogen and oxygen atoms in total. The summed E-state index contributed by atoms with van der Waals surface area (Å²) in [6.45, 7) is 4.40. The van der Waals surface area contributed by atoms with Gasteiger partial charge < -0.3 is 15.5 Å². The number of allylic oxidation sites excluding steroid dienone is 7. The average Bonchev–Trinajstić information content (AvgIpc) is 3.00. The summed E-state index contributed by atoms with van der Waals surface area (Å²) in [5.41, 5.74) is 0. The van der Waals surface area contributed by atoms with Gasteiger partial charge in [0, 0.05) is 0 Å². The number of aliphatic hydroxyl groups excluding tert-OH is 2. The van der Waals surface area contributed by atoms with Crippen LogP contribution in [-0.4, -0.2) is 53.1 Å². The molecule has 0 aromatic heterocycles. The van der Waals surface area contributed by atoms with Gasteiger partial charge in [0.2, 0.25) is 5.91 Å². The summed E-state index contributed by atoms with van der Waals surface area (Å²) in [6.07, 6.45) is 37.5. The van der Waals surface area contributed by atoms with Gasteiger partial charge in [0.05, 0.1) is 17.9 Å². The van der Waals surface area contributed by atoms with Crippen LogP contribution in [0, 0.1) is 0 Å². The smallest absolute Gasteiger partial charge is 0.267 e. The average molecular weight is 654 g/mol. The zero-order valence-electron chi connectivity index (χ0n) is 28.6. The van der Waals surface area contributed by atoms with E-state index < -0.39 is 40.0 Å². The molecule has 0 radical (unpaired) electrons. The molecule has 0 aromatic carbocycles. The second kappa shape index (κ2) is 30.9. The molecule has 0 bridgehead atoms. The third-order valence-electron chi connectivity index (χ3n) is 7.79. The van der Waals surface area contributed by atoms with Crippen molar-refractivity contribution in [2.45, 2.75) is 173 Å². The molecule has 4 N–H and O–H groups in total. The molecule has 0 aliphatic heterocycles. The Morgan fingerprint density at radius 3 is 1.56 bits per heavy atom. The first-order valence-corrected chi connectivity index (χ1v) is 19.6. The predicted octanol–water partition coefficient (Wildman–Crippen LogP) is 8.93. The zero-order chi connectivity index (χ0) is 33.4. The highest BCUT2D eigenvalue weighted by atomic mass is 32.2. The molecule has 45 heavy (non-hydrogen) atoms. The Bertz CT molecular complexity index is 912. The van der Waals surface area contributed by atoms with E-state index in [2.05, 4.69) is 55.6 Å². The van der Waals surface area contributed by atoms with Gasteiger partial charge in [-0.05, 0) is 64.2 Å². The number of hydrogen-bond acceptors (Lipinski definition) is 5. The number of hydrogen-bond donors (Lipinski definition) is 4. The molecule has 0 spiro atoms. The minimum atomic E-state index is -4.45. The van der Waals surface area contributed by atoms with Gasteiger partial charge in [0.15, 0.2) is 0 Å². The van der Waals surface area contributed by atoms with Crippen LogP contribution in [0.3, 0.4) is 0 Å². The van der Waals surface area contributed by atoms with Crippen LogP contribution in [0.15, 0.2) is 48.6 Å². The van der Waals surface area contributed by atoms with Crippen molar-refractivity contribution >= 4 is 16.0 Å². The molecule has 0 saturated heterocycles. The molecule has 0 aromatic rings. The minimum absolute atomic E-state index is 0.255. The summed E-state index contributed by atoms with van der Waals surface area (Å²) < 4.78 is 32.3. The topological polar surface area (TPSA) is 124 Å². The van der Waals surface area contributed by atoms with Crippen LogP contribution in [0.5, 0.6) is 0 Å². The number of aliphatic hydroxyl groups is 2. The number of carbonyl (C=O) groups excluding carboxylic acids is 1. The first-order valence-electron chi connectivity index (χ1n) is 17.9. The van der Waals surface area contributed by atoms with E-state index in [1.54, 1.807) is 6.08 Å². The van der Waals surface area contributed by atoms with Crippen LogP contribution >= 0.6 is 0 Å². The second-order valence-corrected chi connectivity index (χ2v) is 13.8. The molecule has 0 fully saturated rings. The van der Waals surface area contributed by atoms with Crippen molar-refractivity contribution < 1.29 is 28.0 Å². The Morgan fingerprint density at radius 2 is 1.04 bits per heavy atom. The van der Waals surface area contributed by atoms with Crippen molar-refractivity contribution in [3.8, 4) is 0 Å². The maximum atomic E-state index is 12.5. The van der Waals surface area contributed by atoms with Gasteiger partial charge in [-0.25, -0.2) is 0 Å². The minimum Gasteiger partial charge on any atom is -0.387 e. The molecule has 0 aliphatic rings. The van der Waals surface area contributed by atoms with E-state index >= 15 is 0 Å². The molecule has 3 atom stereocenters. The summed E-state index contributed by atoms with van der Waals surface area (Å²) in [7, 11) is -4.45. The lowest BCUT2D eigenvalue weighted by Gasteiger charge is -2.22. The van der Waals surface area contributed by atoms with Gasteiger partial charge in [0.25, 0.3) is 10.1 Å². The highest BCUT2D eigenvalue weighted by Gasteiger charge is 2.27. The van der Waals surface area contributed by atoms with Crippen LogP contribution in [-0.2, 0) is 14.9 Å². The lowest BCUT2D eigenvalue weighted by Crippen LogP contribution is -2.50. The van der Waals surface area contributed by atoms with Gasteiger partial charge in [-0.15, -0.1) is 0 Å². The highest BCUT2D eigenvalue weighted by molar-refractivity contribution is 7.85. The first-order chi connectivity index (χ1) is 21.7. The Kier molecular flexibility index (Phi) is 29.7. The molecule has 3 unspecified atom stereocenters. The quantitative estimate of drug-likeness (QED) is 0.0336. The number of carbonyl (C=O) groups is 1. The van der Waals surface area contributed by atoms with Gasteiger partial charge in [-0.1, -0.05) is 140 Å². The number of nitrogens with one attached hydrogen (secondary N) is 1. The summed E-state index contributed by atoms with van der Waals surface area (Å²) >= 11 is 0. The van der Waals surface area contributed by atoms with E-state index in [0.717, 1.165) is 64.2 Å². The normalized spacial score (nSPS) is 14.7. The van der Waals surface area contributed by atoms with Gasteiger partial charge in [0.1, 0.15) is 6.10 Å². The van der Waals surface area contributed by atoms with Crippen LogP contribution in [0.4, 0.5) is 0 Å². The maximum Gasteiger partial charge on any atom is 0.267 e. The van der Waals surface area contributed by atoms with Crippen molar-refractivity contribution in [2.24, 2.45) is 0 Å². The lowest BCUT2D eigenvalue weighted by molar-refractivity contribution is -0.130. The summed E-state index contributed by atoms with van der Waals surface area (Å²) in [6, 6.07) is -1.26. The fourth-order valence-electron chi connectivity index (χ4n) is 5.02. The van der Waals surface area contributed by atoms with E-state index in [0.29, 0.717) is 12.8 Å². The fourth-order valence-corrected chi connectivity index (χ4v) is 5.75. The molecule has 8 heteroatoms. The largest absolute Gasteiger partial charge is 0.387 e. The van der Waals surface area contributed by atoms with E-state index in [9.17, 15) is 28.0 Å². The molecular weight excluding hydrogens is 586 g/mol. The van der Waals surface area contributed by atoms with Crippen LogP contribution in [0.1, 0.15) is 155 Å².